The minimum Gasteiger partial charge on any atom is -0.303 e. The molecular weight excluding hydrogens is 255 g/mol. The van der Waals surface area contributed by atoms with Crippen molar-refractivity contribution in [3.8, 4) is 0 Å². The van der Waals surface area contributed by atoms with Crippen LogP contribution in [0.25, 0.3) is 0 Å². The van der Waals surface area contributed by atoms with Crippen LogP contribution >= 0.6 is 0 Å². The van der Waals surface area contributed by atoms with Gasteiger partial charge in [0.1, 0.15) is 5.82 Å². The van der Waals surface area contributed by atoms with Gasteiger partial charge in [0, 0.05) is 36.6 Å². The summed E-state index contributed by atoms with van der Waals surface area (Å²) in [6.45, 7) is 2.04. The molecule has 2 aromatic rings. The van der Waals surface area contributed by atoms with E-state index in [2.05, 4.69) is 15.4 Å². The Morgan fingerprint density at radius 1 is 1.40 bits per heavy atom. The number of nitrogens with one attached hydrogen (secondary N) is 1. The van der Waals surface area contributed by atoms with Gasteiger partial charge in [-0.05, 0) is 37.8 Å². The zero-order chi connectivity index (χ0) is 14.1. The maximum atomic E-state index is 13.2. The molecule has 0 fully saturated rings. The molecule has 0 aromatic carbocycles. The second-order valence-corrected chi connectivity index (χ2v) is 5.44. The van der Waals surface area contributed by atoms with Gasteiger partial charge in [-0.2, -0.15) is 5.10 Å². The van der Waals surface area contributed by atoms with Gasteiger partial charge in [0.05, 0.1) is 12.4 Å². The Morgan fingerprint density at radius 2 is 2.25 bits per heavy atom. The van der Waals surface area contributed by atoms with Crippen molar-refractivity contribution in [3.63, 3.8) is 0 Å². The second-order valence-electron chi connectivity index (χ2n) is 5.44. The highest BCUT2D eigenvalue weighted by Gasteiger charge is 2.24. The van der Waals surface area contributed by atoms with Crippen molar-refractivity contribution in [2.75, 3.05) is 0 Å². The minimum atomic E-state index is -0.290. The summed E-state index contributed by atoms with van der Waals surface area (Å²) >= 11 is 0. The summed E-state index contributed by atoms with van der Waals surface area (Å²) < 4.78 is 15.2. The molecule has 106 valence electrons. The van der Waals surface area contributed by atoms with Crippen molar-refractivity contribution in [3.05, 3.63) is 47.3 Å². The van der Waals surface area contributed by atoms with Gasteiger partial charge in [-0.1, -0.05) is 0 Å². The molecule has 20 heavy (non-hydrogen) atoms. The zero-order valence-corrected chi connectivity index (χ0v) is 11.8. The second kappa shape index (κ2) is 5.32. The van der Waals surface area contributed by atoms with Crippen LogP contribution in [0.4, 0.5) is 4.39 Å². The molecule has 1 N–H and O–H groups in total. The first-order valence-corrected chi connectivity index (χ1v) is 7.02. The molecule has 1 aliphatic rings. The fraction of sp³-hybridized carbons (Fsp3) is 0.467. The van der Waals surface area contributed by atoms with Crippen LogP contribution in [0, 0.1) is 5.82 Å². The normalized spacial score (nSPS) is 19.6. The van der Waals surface area contributed by atoms with Crippen LogP contribution in [-0.2, 0) is 13.5 Å². The number of fused-ring (bicyclic) bond motifs is 1. The Kier molecular flexibility index (Phi) is 3.53. The summed E-state index contributed by atoms with van der Waals surface area (Å²) in [6, 6.07) is 1.89. The summed E-state index contributed by atoms with van der Waals surface area (Å²) in [6.07, 6.45) is 8.22. The third-order valence-corrected chi connectivity index (χ3v) is 4.05. The van der Waals surface area contributed by atoms with Crippen LogP contribution in [-0.4, -0.2) is 14.8 Å². The summed E-state index contributed by atoms with van der Waals surface area (Å²) in [4.78, 5) is 3.92. The van der Waals surface area contributed by atoms with Gasteiger partial charge in [-0.25, -0.2) is 4.39 Å². The van der Waals surface area contributed by atoms with Crippen LogP contribution in [0.5, 0.6) is 0 Å². The Morgan fingerprint density at radius 3 is 3.05 bits per heavy atom. The fourth-order valence-corrected chi connectivity index (χ4v) is 2.94. The lowest BCUT2D eigenvalue weighted by Crippen LogP contribution is -2.28. The highest BCUT2D eigenvalue weighted by Crippen LogP contribution is 2.31. The summed E-state index contributed by atoms with van der Waals surface area (Å²) in [5.41, 5.74) is 3.45. The third kappa shape index (κ3) is 2.45. The van der Waals surface area contributed by atoms with E-state index in [0.29, 0.717) is 0 Å². The largest absolute Gasteiger partial charge is 0.303 e. The molecule has 2 atom stereocenters. The van der Waals surface area contributed by atoms with Gasteiger partial charge in [0.25, 0.3) is 0 Å². The molecule has 0 radical (unpaired) electrons. The highest BCUT2D eigenvalue weighted by atomic mass is 19.1. The lowest BCUT2D eigenvalue weighted by atomic mass is 9.92. The molecule has 0 bridgehead atoms. The first-order chi connectivity index (χ1) is 9.65. The van der Waals surface area contributed by atoms with Crippen LogP contribution in [0.15, 0.2) is 24.7 Å². The molecule has 0 amide bonds. The topological polar surface area (TPSA) is 42.7 Å². The van der Waals surface area contributed by atoms with E-state index in [4.69, 9.17) is 0 Å². The number of aromatic nitrogens is 3. The van der Waals surface area contributed by atoms with Crippen LogP contribution in [0.1, 0.15) is 48.7 Å². The molecule has 2 aromatic heterocycles. The van der Waals surface area contributed by atoms with E-state index >= 15 is 0 Å². The molecule has 2 heterocycles. The highest BCUT2D eigenvalue weighted by molar-refractivity contribution is 5.25. The molecule has 0 aliphatic heterocycles. The molecule has 0 saturated heterocycles. The van der Waals surface area contributed by atoms with Crippen LogP contribution in [0.2, 0.25) is 0 Å². The van der Waals surface area contributed by atoms with E-state index in [1.54, 1.807) is 6.20 Å². The summed E-state index contributed by atoms with van der Waals surface area (Å²) in [7, 11) is 1.99. The fourth-order valence-electron chi connectivity index (χ4n) is 2.94. The van der Waals surface area contributed by atoms with Crippen molar-refractivity contribution >= 4 is 0 Å². The monoisotopic (exact) mass is 274 g/mol. The summed E-state index contributed by atoms with van der Waals surface area (Å²) in [5.74, 6) is -0.290. The molecule has 0 spiro atoms. The number of halogens is 1. The van der Waals surface area contributed by atoms with Crippen molar-refractivity contribution in [2.45, 2.75) is 38.3 Å². The van der Waals surface area contributed by atoms with Crippen LogP contribution in [0.3, 0.4) is 0 Å². The number of hydrogen-bond acceptors (Lipinski definition) is 3. The molecule has 2 unspecified atom stereocenters. The van der Waals surface area contributed by atoms with Gasteiger partial charge in [-0.3, -0.25) is 9.67 Å². The van der Waals surface area contributed by atoms with Gasteiger partial charge < -0.3 is 5.32 Å². The molecule has 3 rings (SSSR count). The number of rotatable bonds is 3. The first kappa shape index (κ1) is 13.2. The average Bonchev–Trinajstić information content (AvgIpc) is 2.82. The van der Waals surface area contributed by atoms with Crippen molar-refractivity contribution in [1.82, 2.24) is 20.1 Å². The predicted molar refractivity (Wildman–Crippen MR) is 74.6 cm³/mol. The summed E-state index contributed by atoms with van der Waals surface area (Å²) in [5, 5.41) is 7.92. The van der Waals surface area contributed by atoms with E-state index in [1.165, 1.54) is 23.5 Å². The molecule has 5 heteroatoms. The Labute approximate surface area is 118 Å². The smallest absolute Gasteiger partial charge is 0.141 e. The van der Waals surface area contributed by atoms with Gasteiger partial charge in [0.2, 0.25) is 0 Å². The lowest BCUT2D eigenvalue weighted by Gasteiger charge is -2.27. The standard InChI is InChI=1S/C15H19FN4/c1-10(11-6-12(16)8-17-7-11)19-14-4-3-5-15-13(14)9-18-20(15)2/h6-10,14,19H,3-5H2,1-2H3. The SMILES string of the molecule is CC(NC1CCCc2c1cnn2C)c1cncc(F)c1. The number of pyridine rings is 1. The van der Waals surface area contributed by atoms with E-state index in [-0.39, 0.29) is 17.9 Å². The van der Waals surface area contributed by atoms with Crippen molar-refractivity contribution in [1.29, 1.82) is 0 Å². The van der Waals surface area contributed by atoms with Gasteiger partial charge >= 0.3 is 0 Å². The Bertz CT molecular complexity index is 608. The molecule has 0 saturated carbocycles. The molecule has 4 nitrogen and oxygen atoms in total. The van der Waals surface area contributed by atoms with Crippen molar-refractivity contribution in [2.24, 2.45) is 7.05 Å². The van der Waals surface area contributed by atoms with E-state index in [1.807, 2.05) is 24.9 Å². The first-order valence-electron chi connectivity index (χ1n) is 7.02. The number of hydrogen-bond donors (Lipinski definition) is 1. The minimum absolute atomic E-state index is 0.0642. The quantitative estimate of drug-likeness (QED) is 0.935. The number of nitrogens with zero attached hydrogens (tertiary/aromatic N) is 3. The predicted octanol–water partition coefficient (Wildman–Crippen LogP) is 2.68. The van der Waals surface area contributed by atoms with E-state index in [0.717, 1.165) is 24.8 Å². The Balaban J connectivity index is 1.78. The third-order valence-electron chi connectivity index (χ3n) is 4.05. The van der Waals surface area contributed by atoms with Gasteiger partial charge in [0.15, 0.2) is 0 Å². The Hall–Kier alpha value is -1.75. The lowest BCUT2D eigenvalue weighted by molar-refractivity contribution is 0.409. The zero-order valence-electron chi connectivity index (χ0n) is 11.8. The van der Waals surface area contributed by atoms with E-state index in [9.17, 15) is 4.39 Å². The maximum absolute atomic E-state index is 13.2. The van der Waals surface area contributed by atoms with Crippen molar-refractivity contribution < 1.29 is 4.39 Å². The van der Waals surface area contributed by atoms with Gasteiger partial charge in [-0.15, -0.1) is 0 Å². The van der Waals surface area contributed by atoms with Crippen LogP contribution < -0.4 is 5.32 Å². The molecule has 1 aliphatic carbocycles. The van der Waals surface area contributed by atoms with E-state index < -0.39 is 0 Å². The maximum Gasteiger partial charge on any atom is 0.141 e. The molecular formula is C15H19FN4. The average molecular weight is 274 g/mol. The number of aryl methyl sites for hydroxylation is 1.